The van der Waals surface area contributed by atoms with Gasteiger partial charge in [0, 0.05) is 24.7 Å². The smallest absolute Gasteiger partial charge is 0.254 e. The standard InChI is InChI=1S/C16H26N2O2/c1-4-5-12-20-15-8-6-14(7-9-15)16(19)18(11-10-17)13(2)3/h6-9,13H,4-5,10-12,17H2,1-3H3. The molecule has 1 amide bonds. The van der Waals surface area contributed by atoms with E-state index in [4.69, 9.17) is 10.5 Å². The molecule has 0 aliphatic rings. The summed E-state index contributed by atoms with van der Waals surface area (Å²) in [5, 5.41) is 0. The van der Waals surface area contributed by atoms with Gasteiger partial charge in [-0.15, -0.1) is 0 Å². The Kier molecular flexibility index (Phi) is 7.09. The number of carbonyl (C=O) groups excluding carboxylic acids is 1. The molecule has 1 aromatic rings. The SMILES string of the molecule is CCCCOc1ccc(C(=O)N(CCN)C(C)C)cc1. The molecule has 0 aromatic heterocycles. The molecule has 0 heterocycles. The Hall–Kier alpha value is -1.55. The van der Waals surface area contributed by atoms with E-state index >= 15 is 0 Å². The van der Waals surface area contributed by atoms with Crippen LogP contribution < -0.4 is 10.5 Å². The first-order valence-corrected chi connectivity index (χ1v) is 7.34. The lowest BCUT2D eigenvalue weighted by molar-refractivity contribution is 0.0712. The van der Waals surface area contributed by atoms with Crippen molar-refractivity contribution in [3.8, 4) is 5.75 Å². The van der Waals surface area contributed by atoms with E-state index in [9.17, 15) is 4.79 Å². The van der Waals surface area contributed by atoms with Gasteiger partial charge in [0.15, 0.2) is 0 Å². The van der Waals surface area contributed by atoms with Gasteiger partial charge >= 0.3 is 0 Å². The molecular weight excluding hydrogens is 252 g/mol. The Balaban J connectivity index is 2.68. The minimum absolute atomic E-state index is 0.0190. The van der Waals surface area contributed by atoms with E-state index < -0.39 is 0 Å². The Bertz CT molecular complexity index is 401. The lowest BCUT2D eigenvalue weighted by Gasteiger charge is -2.26. The molecule has 0 aliphatic carbocycles. The molecule has 0 aliphatic heterocycles. The zero-order valence-corrected chi connectivity index (χ0v) is 12.8. The molecule has 112 valence electrons. The number of nitrogens with two attached hydrogens (primary N) is 1. The summed E-state index contributed by atoms with van der Waals surface area (Å²) in [6, 6.07) is 7.48. The van der Waals surface area contributed by atoms with Crippen molar-refractivity contribution in [1.29, 1.82) is 0 Å². The minimum atomic E-state index is 0.0190. The number of hydrogen-bond donors (Lipinski definition) is 1. The molecule has 0 fully saturated rings. The fraction of sp³-hybridized carbons (Fsp3) is 0.562. The van der Waals surface area contributed by atoms with Crippen molar-refractivity contribution in [1.82, 2.24) is 4.90 Å². The highest BCUT2D eigenvalue weighted by molar-refractivity contribution is 5.94. The van der Waals surface area contributed by atoms with E-state index in [1.807, 2.05) is 38.1 Å². The summed E-state index contributed by atoms with van der Waals surface area (Å²) in [4.78, 5) is 14.2. The van der Waals surface area contributed by atoms with Crippen molar-refractivity contribution >= 4 is 5.91 Å². The Labute approximate surface area is 121 Å². The Morgan fingerprint density at radius 1 is 1.30 bits per heavy atom. The van der Waals surface area contributed by atoms with Crippen LogP contribution in [0.15, 0.2) is 24.3 Å². The second-order valence-corrected chi connectivity index (χ2v) is 5.11. The molecule has 1 aromatic carbocycles. The van der Waals surface area contributed by atoms with Crippen LogP contribution in [0.2, 0.25) is 0 Å². The third-order valence-electron chi connectivity index (χ3n) is 3.12. The molecule has 0 bridgehead atoms. The fourth-order valence-corrected chi connectivity index (χ4v) is 1.93. The van der Waals surface area contributed by atoms with Crippen LogP contribution in [-0.4, -0.2) is 36.5 Å². The van der Waals surface area contributed by atoms with Crippen molar-refractivity contribution in [2.75, 3.05) is 19.7 Å². The van der Waals surface area contributed by atoms with Gasteiger partial charge in [-0.3, -0.25) is 4.79 Å². The molecule has 0 radical (unpaired) electrons. The van der Waals surface area contributed by atoms with Gasteiger partial charge in [-0.1, -0.05) is 13.3 Å². The molecule has 0 spiro atoms. The van der Waals surface area contributed by atoms with E-state index in [0.717, 1.165) is 25.2 Å². The van der Waals surface area contributed by atoms with Crippen LogP contribution in [-0.2, 0) is 0 Å². The lowest BCUT2D eigenvalue weighted by Crippen LogP contribution is -2.40. The third-order valence-corrected chi connectivity index (χ3v) is 3.12. The van der Waals surface area contributed by atoms with Crippen molar-refractivity contribution in [2.24, 2.45) is 5.73 Å². The molecule has 4 heteroatoms. The van der Waals surface area contributed by atoms with Gasteiger partial charge in [-0.25, -0.2) is 0 Å². The lowest BCUT2D eigenvalue weighted by atomic mass is 10.1. The van der Waals surface area contributed by atoms with Crippen LogP contribution in [0.1, 0.15) is 44.0 Å². The average molecular weight is 278 g/mol. The normalized spacial score (nSPS) is 10.7. The van der Waals surface area contributed by atoms with Crippen molar-refractivity contribution < 1.29 is 9.53 Å². The van der Waals surface area contributed by atoms with E-state index in [2.05, 4.69) is 6.92 Å². The number of benzene rings is 1. The minimum Gasteiger partial charge on any atom is -0.494 e. The molecule has 0 saturated carbocycles. The van der Waals surface area contributed by atoms with Crippen LogP contribution in [0.4, 0.5) is 0 Å². The van der Waals surface area contributed by atoms with Gasteiger partial charge in [0.1, 0.15) is 5.75 Å². The average Bonchev–Trinajstić information content (AvgIpc) is 2.45. The number of hydrogen-bond acceptors (Lipinski definition) is 3. The largest absolute Gasteiger partial charge is 0.494 e. The van der Waals surface area contributed by atoms with Gasteiger partial charge in [-0.05, 0) is 44.5 Å². The first-order valence-electron chi connectivity index (χ1n) is 7.34. The second-order valence-electron chi connectivity index (χ2n) is 5.11. The number of rotatable bonds is 8. The fourth-order valence-electron chi connectivity index (χ4n) is 1.93. The predicted molar refractivity (Wildman–Crippen MR) is 82.1 cm³/mol. The summed E-state index contributed by atoms with van der Waals surface area (Å²) in [5.74, 6) is 0.829. The number of amides is 1. The maximum Gasteiger partial charge on any atom is 0.254 e. The molecule has 0 atom stereocenters. The van der Waals surface area contributed by atoms with Crippen LogP contribution in [0.25, 0.3) is 0 Å². The van der Waals surface area contributed by atoms with Gasteiger partial charge in [0.2, 0.25) is 0 Å². The number of nitrogens with zero attached hydrogens (tertiary/aromatic N) is 1. The molecule has 20 heavy (non-hydrogen) atoms. The van der Waals surface area contributed by atoms with Gasteiger partial charge in [0.05, 0.1) is 6.61 Å². The Morgan fingerprint density at radius 3 is 2.45 bits per heavy atom. The van der Waals surface area contributed by atoms with Crippen LogP contribution in [0, 0.1) is 0 Å². The van der Waals surface area contributed by atoms with E-state index in [0.29, 0.717) is 18.7 Å². The summed E-state index contributed by atoms with van der Waals surface area (Å²) in [6.45, 7) is 7.89. The first kappa shape index (κ1) is 16.5. The molecular formula is C16H26N2O2. The summed E-state index contributed by atoms with van der Waals surface area (Å²) < 4.78 is 5.59. The third kappa shape index (κ3) is 4.85. The zero-order chi connectivity index (χ0) is 15.0. The van der Waals surface area contributed by atoms with Gasteiger partial charge in [-0.2, -0.15) is 0 Å². The van der Waals surface area contributed by atoms with Crippen molar-refractivity contribution in [3.05, 3.63) is 29.8 Å². The molecule has 2 N–H and O–H groups in total. The molecule has 1 rings (SSSR count). The van der Waals surface area contributed by atoms with Crippen molar-refractivity contribution in [2.45, 2.75) is 39.7 Å². The highest BCUT2D eigenvalue weighted by Gasteiger charge is 2.17. The molecule has 0 saturated heterocycles. The van der Waals surface area contributed by atoms with Crippen LogP contribution in [0.3, 0.4) is 0 Å². The van der Waals surface area contributed by atoms with Gasteiger partial charge < -0.3 is 15.4 Å². The zero-order valence-electron chi connectivity index (χ0n) is 12.8. The molecule has 0 unspecified atom stereocenters. The van der Waals surface area contributed by atoms with E-state index in [1.54, 1.807) is 4.90 Å². The van der Waals surface area contributed by atoms with Crippen molar-refractivity contribution in [3.63, 3.8) is 0 Å². The van der Waals surface area contributed by atoms with Crippen LogP contribution in [0.5, 0.6) is 5.75 Å². The first-order chi connectivity index (χ1) is 9.60. The summed E-state index contributed by atoms with van der Waals surface area (Å²) in [5.41, 5.74) is 6.24. The maximum atomic E-state index is 12.4. The number of carbonyl (C=O) groups is 1. The maximum absolute atomic E-state index is 12.4. The summed E-state index contributed by atoms with van der Waals surface area (Å²) >= 11 is 0. The predicted octanol–water partition coefficient (Wildman–Crippen LogP) is 2.67. The van der Waals surface area contributed by atoms with E-state index in [1.165, 1.54) is 0 Å². The highest BCUT2D eigenvalue weighted by Crippen LogP contribution is 2.15. The number of unbranched alkanes of at least 4 members (excludes halogenated alkanes) is 1. The van der Waals surface area contributed by atoms with Crippen LogP contribution >= 0.6 is 0 Å². The summed E-state index contributed by atoms with van der Waals surface area (Å²) in [7, 11) is 0. The highest BCUT2D eigenvalue weighted by atomic mass is 16.5. The topological polar surface area (TPSA) is 55.6 Å². The molecule has 4 nitrogen and oxygen atoms in total. The van der Waals surface area contributed by atoms with E-state index in [-0.39, 0.29) is 11.9 Å². The van der Waals surface area contributed by atoms with Gasteiger partial charge in [0.25, 0.3) is 5.91 Å². The number of ether oxygens (including phenoxy) is 1. The summed E-state index contributed by atoms with van der Waals surface area (Å²) in [6.07, 6.45) is 2.15. The Morgan fingerprint density at radius 2 is 1.95 bits per heavy atom. The quantitative estimate of drug-likeness (QED) is 0.744. The monoisotopic (exact) mass is 278 g/mol. The second kappa shape index (κ2) is 8.59.